The first kappa shape index (κ1) is 24.8. The quantitative estimate of drug-likeness (QED) is 0.466. The number of halogens is 1. The predicted octanol–water partition coefficient (Wildman–Crippen LogP) is 4.22. The molecule has 1 amide bonds. The number of hydrogen-bond acceptors (Lipinski definition) is 6. The Kier molecular flexibility index (Phi) is 7.89. The summed E-state index contributed by atoms with van der Waals surface area (Å²) < 4.78 is 32.6. The Morgan fingerprint density at radius 2 is 1.74 bits per heavy atom. The molecule has 0 aromatic heterocycles. The van der Waals surface area contributed by atoms with Gasteiger partial charge < -0.3 is 10.1 Å². The molecule has 0 spiro atoms. The number of anilines is 2. The van der Waals surface area contributed by atoms with Crippen molar-refractivity contribution >= 4 is 44.9 Å². The molecule has 0 fully saturated rings. The van der Waals surface area contributed by atoms with Gasteiger partial charge >= 0.3 is 5.97 Å². The van der Waals surface area contributed by atoms with Crippen LogP contribution in [0.5, 0.6) is 0 Å². The lowest BCUT2D eigenvalue weighted by molar-refractivity contribution is -0.119. The van der Waals surface area contributed by atoms with Crippen LogP contribution >= 0.6 is 11.6 Å². The fraction of sp³-hybridized carbons (Fsp3) is 0.125. The molecular formula is C24H20ClN3O5S. The van der Waals surface area contributed by atoms with E-state index >= 15 is 0 Å². The summed E-state index contributed by atoms with van der Waals surface area (Å²) in [6.07, 6.45) is 0. The van der Waals surface area contributed by atoms with Gasteiger partial charge in [0, 0.05) is 6.54 Å². The van der Waals surface area contributed by atoms with Crippen LogP contribution in [0.4, 0.5) is 11.4 Å². The highest BCUT2D eigenvalue weighted by Crippen LogP contribution is 2.29. The van der Waals surface area contributed by atoms with Gasteiger partial charge in [-0.1, -0.05) is 29.8 Å². The van der Waals surface area contributed by atoms with E-state index in [-0.39, 0.29) is 27.7 Å². The van der Waals surface area contributed by atoms with E-state index in [1.54, 1.807) is 37.3 Å². The van der Waals surface area contributed by atoms with Crippen molar-refractivity contribution in [1.82, 2.24) is 0 Å². The molecule has 3 rings (SSSR count). The van der Waals surface area contributed by atoms with Gasteiger partial charge in [-0.25, -0.2) is 13.2 Å². The van der Waals surface area contributed by atoms with E-state index in [2.05, 4.69) is 5.32 Å². The normalized spacial score (nSPS) is 10.7. The number of benzene rings is 3. The van der Waals surface area contributed by atoms with Crippen molar-refractivity contribution in [2.75, 3.05) is 22.8 Å². The molecule has 0 aliphatic carbocycles. The zero-order valence-electron chi connectivity index (χ0n) is 18.1. The first-order valence-corrected chi connectivity index (χ1v) is 11.9. The van der Waals surface area contributed by atoms with Crippen LogP contribution in [0.3, 0.4) is 0 Å². The summed E-state index contributed by atoms with van der Waals surface area (Å²) in [4.78, 5) is 24.4. The summed E-state index contributed by atoms with van der Waals surface area (Å²) in [7, 11) is -3.93. The third-order valence-electron chi connectivity index (χ3n) is 4.72. The van der Waals surface area contributed by atoms with E-state index < -0.39 is 28.5 Å². The maximum Gasteiger partial charge on any atom is 0.338 e. The molecule has 0 unspecified atom stereocenters. The molecule has 34 heavy (non-hydrogen) atoms. The smallest absolute Gasteiger partial charge is 0.338 e. The van der Waals surface area contributed by atoms with E-state index in [1.165, 1.54) is 46.8 Å². The molecular weight excluding hydrogens is 478 g/mol. The number of sulfonamides is 1. The van der Waals surface area contributed by atoms with E-state index in [4.69, 9.17) is 21.6 Å². The Labute approximate surface area is 202 Å². The van der Waals surface area contributed by atoms with Crippen LogP contribution in [-0.2, 0) is 19.6 Å². The van der Waals surface area contributed by atoms with Crippen molar-refractivity contribution in [3.63, 3.8) is 0 Å². The van der Waals surface area contributed by atoms with Gasteiger partial charge in [0.15, 0.2) is 6.61 Å². The van der Waals surface area contributed by atoms with Crippen LogP contribution in [0.1, 0.15) is 22.8 Å². The summed E-state index contributed by atoms with van der Waals surface area (Å²) >= 11 is 6.15. The molecule has 174 valence electrons. The molecule has 10 heteroatoms. The lowest BCUT2D eigenvalue weighted by atomic mass is 10.1. The molecule has 0 saturated carbocycles. The zero-order valence-corrected chi connectivity index (χ0v) is 19.6. The topological polar surface area (TPSA) is 117 Å². The van der Waals surface area contributed by atoms with Crippen LogP contribution in [0.25, 0.3) is 0 Å². The van der Waals surface area contributed by atoms with Crippen molar-refractivity contribution in [3.8, 4) is 6.07 Å². The van der Waals surface area contributed by atoms with E-state index in [1.807, 2.05) is 6.07 Å². The maximum absolute atomic E-state index is 13.2. The number of amides is 1. The van der Waals surface area contributed by atoms with Crippen molar-refractivity contribution in [2.45, 2.75) is 11.8 Å². The lowest BCUT2D eigenvalue weighted by Gasteiger charge is -2.23. The van der Waals surface area contributed by atoms with Gasteiger partial charge in [-0.15, -0.1) is 0 Å². The Morgan fingerprint density at radius 3 is 2.35 bits per heavy atom. The van der Waals surface area contributed by atoms with Gasteiger partial charge in [0.05, 0.1) is 38.5 Å². The first-order valence-electron chi connectivity index (χ1n) is 10.1. The van der Waals surface area contributed by atoms with Crippen molar-refractivity contribution in [3.05, 3.63) is 88.9 Å². The molecule has 0 aliphatic rings. The Balaban J connectivity index is 1.72. The second-order valence-corrected chi connectivity index (χ2v) is 9.23. The number of esters is 1. The number of rotatable bonds is 8. The largest absolute Gasteiger partial charge is 0.452 e. The van der Waals surface area contributed by atoms with E-state index in [0.717, 1.165) is 0 Å². The summed E-state index contributed by atoms with van der Waals surface area (Å²) in [5, 5.41) is 11.4. The van der Waals surface area contributed by atoms with Crippen LogP contribution in [0, 0.1) is 11.3 Å². The second-order valence-electron chi connectivity index (χ2n) is 6.96. The summed E-state index contributed by atoms with van der Waals surface area (Å²) in [5.41, 5.74) is 1.12. The molecule has 0 radical (unpaired) electrons. The Morgan fingerprint density at radius 1 is 1.06 bits per heavy atom. The average molecular weight is 498 g/mol. The molecule has 0 heterocycles. The maximum atomic E-state index is 13.2. The number of nitriles is 1. The van der Waals surface area contributed by atoms with Crippen molar-refractivity contribution in [1.29, 1.82) is 5.26 Å². The van der Waals surface area contributed by atoms with Gasteiger partial charge in [0.1, 0.15) is 0 Å². The number of ether oxygens (including phenoxy) is 1. The minimum atomic E-state index is -3.93. The highest BCUT2D eigenvalue weighted by molar-refractivity contribution is 7.92. The highest BCUT2D eigenvalue weighted by Gasteiger charge is 2.24. The van der Waals surface area contributed by atoms with Crippen LogP contribution in [0.2, 0.25) is 5.02 Å². The van der Waals surface area contributed by atoms with Crippen molar-refractivity contribution < 1.29 is 22.7 Å². The molecule has 3 aromatic rings. The molecule has 8 nitrogen and oxygen atoms in total. The summed E-state index contributed by atoms with van der Waals surface area (Å²) in [6.45, 7) is 1.30. The van der Waals surface area contributed by atoms with Crippen LogP contribution in [0.15, 0.2) is 77.7 Å². The third-order valence-corrected chi connectivity index (χ3v) is 6.94. The van der Waals surface area contributed by atoms with E-state index in [0.29, 0.717) is 11.3 Å². The standard InChI is InChI=1S/C24H20ClN3O5S/c1-2-28(19-6-4-3-5-7-19)34(31,32)20-12-13-21(25)22(14-20)27-23(29)16-33-24(30)18-10-8-17(15-26)9-11-18/h3-14H,2,16H2,1H3,(H,27,29). The number of carbonyl (C=O) groups is 2. The predicted molar refractivity (Wildman–Crippen MR) is 128 cm³/mol. The Hall–Kier alpha value is -3.87. The molecule has 0 bridgehead atoms. The number of carbonyl (C=O) groups excluding carboxylic acids is 2. The van der Waals surface area contributed by atoms with Gasteiger partial charge in [0.25, 0.3) is 15.9 Å². The summed E-state index contributed by atoms with van der Waals surface area (Å²) in [5.74, 6) is -1.45. The van der Waals surface area contributed by atoms with Crippen LogP contribution < -0.4 is 9.62 Å². The SMILES string of the molecule is CCN(c1ccccc1)S(=O)(=O)c1ccc(Cl)c(NC(=O)COC(=O)c2ccc(C#N)cc2)c1. The zero-order chi connectivity index (χ0) is 24.7. The van der Waals surface area contributed by atoms with Gasteiger partial charge in [0.2, 0.25) is 0 Å². The molecule has 1 N–H and O–H groups in total. The molecule has 0 atom stereocenters. The fourth-order valence-electron chi connectivity index (χ4n) is 3.05. The van der Waals surface area contributed by atoms with E-state index in [9.17, 15) is 18.0 Å². The molecule has 0 saturated heterocycles. The number of nitrogens with one attached hydrogen (secondary N) is 1. The van der Waals surface area contributed by atoms with Crippen LogP contribution in [-0.4, -0.2) is 33.4 Å². The van der Waals surface area contributed by atoms with Crippen molar-refractivity contribution in [2.24, 2.45) is 0 Å². The fourth-order valence-corrected chi connectivity index (χ4v) is 4.72. The lowest BCUT2D eigenvalue weighted by Crippen LogP contribution is -2.30. The monoisotopic (exact) mass is 497 g/mol. The minimum Gasteiger partial charge on any atom is -0.452 e. The molecule has 0 aliphatic heterocycles. The van der Waals surface area contributed by atoms with Gasteiger partial charge in [-0.3, -0.25) is 9.10 Å². The van der Waals surface area contributed by atoms with Gasteiger partial charge in [-0.2, -0.15) is 5.26 Å². The second kappa shape index (κ2) is 10.8. The third kappa shape index (κ3) is 5.73. The van der Waals surface area contributed by atoms with Gasteiger partial charge in [-0.05, 0) is 61.5 Å². The number of para-hydroxylation sites is 1. The Bertz CT molecular complexity index is 1340. The average Bonchev–Trinajstić information content (AvgIpc) is 2.84. The summed E-state index contributed by atoms with van der Waals surface area (Å²) in [6, 6.07) is 20.3. The number of nitrogens with zero attached hydrogens (tertiary/aromatic N) is 2. The highest BCUT2D eigenvalue weighted by atomic mass is 35.5. The first-order chi connectivity index (χ1) is 16.3. The number of hydrogen-bond donors (Lipinski definition) is 1. The minimum absolute atomic E-state index is 0.0614. The molecule has 3 aromatic carbocycles.